The number of hydrogen-bond acceptors (Lipinski definition) is 4. The Morgan fingerprint density at radius 2 is 1.79 bits per heavy atom. The van der Waals surface area contributed by atoms with Crippen LogP contribution in [0.25, 0.3) is 0 Å². The first-order valence-electron chi connectivity index (χ1n) is 12.9. The Bertz CT molecular complexity index is 1330. The number of anilines is 1. The number of carbonyl (C=O) groups excluding carboxylic acids is 1. The van der Waals surface area contributed by atoms with Crippen LogP contribution in [0.4, 0.5) is 5.69 Å². The van der Waals surface area contributed by atoms with Crippen LogP contribution in [0.5, 0.6) is 5.75 Å². The van der Waals surface area contributed by atoms with Crippen LogP contribution in [0.15, 0.2) is 71.2 Å². The molecule has 200 valence electrons. The van der Waals surface area contributed by atoms with E-state index in [2.05, 4.69) is 101 Å². The maximum absolute atomic E-state index is 14.5. The van der Waals surface area contributed by atoms with E-state index >= 15 is 0 Å². The zero-order valence-corrected chi connectivity index (χ0v) is 26.8. The average molecular weight is 706 g/mol. The summed E-state index contributed by atoms with van der Waals surface area (Å²) in [5.74, 6) is 0.736. The molecule has 3 aromatic rings. The molecule has 4 atom stereocenters. The Labute approximate surface area is 247 Å². The fourth-order valence-electron chi connectivity index (χ4n) is 6.61. The van der Waals surface area contributed by atoms with Gasteiger partial charge in [-0.05, 0) is 82.6 Å². The highest BCUT2D eigenvalue weighted by Crippen LogP contribution is 2.60. The first-order chi connectivity index (χ1) is 18.1. The van der Waals surface area contributed by atoms with Crippen LogP contribution in [0.3, 0.4) is 0 Å². The third kappa shape index (κ3) is 4.56. The van der Waals surface area contributed by atoms with Crippen LogP contribution in [0, 0.1) is 9.49 Å². The second-order valence-corrected chi connectivity index (χ2v) is 17.7. The van der Waals surface area contributed by atoms with Crippen LogP contribution >= 0.6 is 38.5 Å². The Hall–Kier alpha value is -1.72. The summed E-state index contributed by atoms with van der Waals surface area (Å²) in [5.41, 5.74) is 1.92. The van der Waals surface area contributed by atoms with Crippen LogP contribution in [-0.2, 0) is 21.7 Å². The Balaban J connectivity index is 1.60. The highest BCUT2D eigenvalue weighted by atomic mass is 127. The summed E-state index contributed by atoms with van der Waals surface area (Å²) in [7, 11) is -0.506. The van der Waals surface area contributed by atoms with Crippen LogP contribution in [-0.4, -0.2) is 38.9 Å². The standard InChI is InChI=1S/C30H33BrINO4Si/c1-19-28(38(3,4)24-12-10-23(36-2)11-13-24)27(15-16-34)37-30(19)25-17-21(31)7-14-26(25)33(29(30)35)18-20-5-8-22(32)9-6-20/h5-14,17,19,27-28,34H,15-16,18H2,1-4H3/t19-,27+,28-,30+/m0/s1. The summed E-state index contributed by atoms with van der Waals surface area (Å²) in [4.78, 5) is 16.4. The van der Waals surface area contributed by atoms with Crippen molar-refractivity contribution in [2.24, 2.45) is 5.92 Å². The fourth-order valence-corrected chi connectivity index (χ4v) is 11.4. The van der Waals surface area contributed by atoms with E-state index in [0.29, 0.717) is 13.0 Å². The second-order valence-electron chi connectivity index (χ2n) is 10.8. The monoisotopic (exact) mass is 705 g/mol. The quantitative estimate of drug-likeness (QED) is 0.235. The summed E-state index contributed by atoms with van der Waals surface area (Å²) in [6, 6.07) is 22.7. The molecule has 1 N–H and O–H groups in total. The van der Waals surface area contributed by atoms with Crippen molar-refractivity contribution in [1.29, 1.82) is 0 Å². The number of ether oxygens (including phenoxy) is 2. The number of amides is 1. The summed E-state index contributed by atoms with van der Waals surface area (Å²) in [6.45, 7) is 7.39. The predicted octanol–water partition coefficient (Wildman–Crippen LogP) is 6.21. The lowest BCUT2D eigenvalue weighted by Crippen LogP contribution is -2.51. The third-order valence-corrected chi connectivity index (χ3v) is 14.0. The molecular weight excluding hydrogens is 673 g/mol. The minimum atomic E-state index is -2.18. The van der Waals surface area contributed by atoms with E-state index < -0.39 is 13.7 Å². The first kappa shape index (κ1) is 27.8. The Morgan fingerprint density at radius 1 is 1.11 bits per heavy atom. The molecule has 1 spiro atoms. The number of hydrogen-bond donors (Lipinski definition) is 1. The SMILES string of the molecule is COc1ccc([Si](C)(C)[C@@H]2[C@@H](CCO)O[C@]3(C(=O)N(Cc4ccc(I)cc4)c4ccc(Br)cc43)[C@H]2C)cc1. The lowest BCUT2D eigenvalue weighted by atomic mass is 9.82. The molecule has 5 nitrogen and oxygen atoms in total. The summed E-state index contributed by atoms with van der Waals surface area (Å²) >= 11 is 5.95. The summed E-state index contributed by atoms with van der Waals surface area (Å²) in [5, 5.41) is 11.3. The molecule has 1 amide bonds. The third-order valence-electron chi connectivity index (χ3n) is 8.47. The average Bonchev–Trinajstić information content (AvgIpc) is 3.32. The molecule has 1 fully saturated rings. The van der Waals surface area contributed by atoms with Crippen molar-refractivity contribution < 1.29 is 19.4 Å². The Morgan fingerprint density at radius 3 is 2.42 bits per heavy atom. The maximum atomic E-state index is 14.5. The molecule has 2 heterocycles. The number of halogens is 2. The zero-order valence-electron chi connectivity index (χ0n) is 22.1. The highest BCUT2D eigenvalue weighted by Gasteiger charge is 2.66. The summed E-state index contributed by atoms with van der Waals surface area (Å²) < 4.78 is 14.4. The number of rotatable bonds is 7. The van der Waals surface area contributed by atoms with E-state index in [4.69, 9.17) is 9.47 Å². The molecule has 1 saturated heterocycles. The lowest BCUT2D eigenvalue weighted by molar-refractivity contribution is -0.146. The van der Waals surface area contributed by atoms with Gasteiger partial charge in [-0.2, -0.15) is 0 Å². The minimum absolute atomic E-state index is 0.0124. The molecule has 2 aliphatic rings. The van der Waals surface area contributed by atoms with Crippen molar-refractivity contribution in [1.82, 2.24) is 0 Å². The number of methoxy groups -OCH3 is 1. The van der Waals surface area contributed by atoms with Crippen molar-refractivity contribution in [2.45, 2.75) is 50.2 Å². The van der Waals surface area contributed by atoms with Gasteiger partial charge < -0.3 is 19.5 Å². The van der Waals surface area contributed by atoms with Gasteiger partial charge in [0.1, 0.15) is 5.75 Å². The number of benzene rings is 3. The van der Waals surface area contributed by atoms with E-state index in [1.54, 1.807) is 7.11 Å². The molecule has 3 aromatic carbocycles. The number of fused-ring (bicyclic) bond motifs is 2. The van der Waals surface area contributed by atoms with E-state index in [0.717, 1.165) is 30.6 Å². The van der Waals surface area contributed by atoms with Gasteiger partial charge >= 0.3 is 0 Å². The zero-order chi connectivity index (χ0) is 27.2. The number of aliphatic hydroxyl groups is 1. The van der Waals surface area contributed by atoms with E-state index in [1.807, 2.05) is 29.2 Å². The molecule has 38 heavy (non-hydrogen) atoms. The molecule has 0 aliphatic carbocycles. The van der Waals surface area contributed by atoms with Gasteiger partial charge in [-0.1, -0.05) is 65.4 Å². The minimum Gasteiger partial charge on any atom is -0.497 e. The van der Waals surface area contributed by atoms with Crippen LogP contribution < -0.4 is 14.8 Å². The second kappa shape index (κ2) is 10.7. The maximum Gasteiger partial charge on any atom is 0.264 e. The molecular formula is C30H33BrINO4Si. The van der Waals surface area contributed by atoms with E-state index in [-0.39, 0.29) is 30.1 Å². The van der Waals surface area contributed by atoms with Gasteiger partial charge in [-0.25, -0.2) is 0 Å². The molecule has 0 saturated carbocycles. The van der Waals surface area contributed by atoms with Crippen molar-refractivity contribution >= 4 is 63.4 Å². The van der Waals surface area contributed by atoms with Gasteiger partial charge in [0.25, 0.3) is 5.91 Å². The first-order valence-corrected chi connectivity index (χ1v) is 17.9. The molecule has 0 bridgehead atoms. The molecule has 0 radical (unpaired) electrons. The molecule has 5 rings (SSSR count). The van der Waals surface area contributed by atoms with Crippen molar-refractivity contribution in [3.05, 3.63) is 85.9 Å². The smallest absolute Gasteiger partial charge is 0.264 e. The van der Waals surface area contributed by atoms with Gasteiger partial charge in [-0.3, -0.25) is 4.79 Å². The van der Waals surface area contributed by atoms with Crippen LogP contribution in [0.2, 0.25) is 18.6 Å². The van der Waals surface area contributed by atoms with Crippen LogP contribution in [0.1, 0.15) is 24.5 Å². The van der Waals surface area contributed by atoms with Gasteiger partial charge in [0.2, 0.25) is 0 Å². The largest absolute Gasteiger partial charge is 0.497 e. The predicted molar refractivity (Wildman–Crippen MR) is 166 cm³/mol. The summed E-state index contributed by atoms with van der Waals surface area (Å²) in [6.07, 6.45) is 0.268. The number of carbonyl (C=O) groups is 1. The van der Waals surface area contributed by atoms with Gasteiger partial charge in [-0.15, -0.1) is 0 Å². The molecule has 2 aliphatic heterocycles. The van der Waals surface area contributed by atoms with Crippen molar-refractivity contribution in [2.75, 3.05) is 18.6 Å². The van der Waals surface area contributed by atoms with Crippen molar-refractivity contribution in [3.63, 3.8) is 0 Å². The van der Waals surface area contributed by atoms with E-state index in [1.165, 1.54) is 5.19 Å². The number of aliphatic hydroxyl groups excluding tert-OH is 1. The normalized spacial score (nSPS) is 24.8. The number of nitrogens with zero attached hydrogens (tertiary/aromatic N) is 1. The van der Waals surface area contributed by atoms with Gasteiger partial charge in [0.05, 0.1) is 33.5 Å². The van der Waals surface area contributed by atoms with Crippen molar-refractivity contribution in [3.8, 4) is 5.75 Å². The fraction of sp³-hybridized carbons (Fsp3) is 0.367. The van der Waals surface area contributed by atoms with E-state index in [9.17, 15) is 9.90 Å². The Kier molecular flexibility index (Phi) is 7.83. The molecule has 0 unspecified atom stereocenters. The van der Waals surface area contributed by atoms with Gasteiger partial charge in [0, 0.05) is 26.1 Å². The molecule has 0 aromatic heterocycles. The topological polar surface area (TPSA) is 59.0 Å². The van der Waals surface area contributed by atoms with Gasteiger partial charge in [0.15, 0.2) is 5.60 Å². The highest BCUT2D eigenvalue weighted by molar-refractivity contribution is 14.1. The molecule has 8 heteroatoms. The lowest BCUT2D eigenvalue weighted by Gasteiger charge is -2.37.